The fourth-order valence-corrected chi connectivity index (χ4v) is 8.12. The number of aromatic nitrogens is 3. The summed E-state index contributed by atoms with van der Waals surface area (Å²) < 4.78 is 43.5. The van der Waals surface area contributed by atoms with Crippen molar-refractivity contribution in [1.29, 1.82) is 10.5 Å². The van der Waals surface area contributed by atoms with Gasteiger partial charge in [0.1, 0.15) is 41.8 Å². The topological polar surface area (TPSA) is 207 Å². The van der Waals surface area contributed by atoms with Crippen molar-refractivity contribution in [2.45, 2.75) is 154 Å². The minimum atomic E-state index is -4.70. The summed E-state index contributed by atoms with van der Waals surface area (Å²) in [5.74, 6) is 0.338. The van der Waals surface area contributed by atoms with Crippen LogP contribution in [0.2, 0.25) is 0 Å². The van der Waals surface area contributed by atoms with E-state index in [9.17, 15) is 25.1 Å². The van der Waals surface area contributed by atoms with Crippen LogP contribution in [-0.4, -0.2) is 69.3 Å². The summed E-state index contributed by atoms with van der Waals surface area (Å²) in [6, 6.07) is 10.9. The van der Waals surface area contributed by atoms with Crippen LogP contribution in [0.15, 0.2) is 30.6 Å². The zero-order valence-corrected chi connectivity index (χ0v) is 35.0. The van der Waals surface area contributed by atoms with Crippen LogP contribution in [-0.2, 0) is 28.7 Å². The van der Waals surface area contributed by atoms with Crippen molar-refractivity contribution in [3.05, 3.63) is 53.0 Å². The Hall–Kier alpha value is -3.59. The molecule has 0 spiro atoms. The number of aryl methyl sites for hydroxylation is 1. The number of unbranched alkanes of at least 4 members (excludes halogenated alkanes) is 15. The Kier molecular flexibility index (Phi) is 19.2. The highest BCUT2D eigenvalue weighted by atomic mass is 31.2. The molecule has 0 amide bonds. The summed E-state index contributed by atoms with van der Waals surface area (Å²) in [4.78, 5) is 14.7. The van der Waals surface area contributed by atoms with Gasteiger partial charge in [0, 0.05) is 13.0 Å². The first-order chi connectivity index (χ1) is 27.5. The Balaban J connectivity index is 1.21. The van der Waals surface area contributed by atoms with Crippen LogP contribution in [0.3, 0.4) is 0 Å². The van der Waals surface area contributed by atoms with E-state index in [2.05, 4.69) is 29.1 Å². The van der Waals surface area contributed by atoms with E-state index in [1.807, 2.05) is 0 Å². The van der Waals surface area contributed by atoms with Gasteiger partial charge in [0.2, 0.25) is 0 Å². The molecule has 314 valence electrons. The number of nitrogens with two attached hydrogens (primary N) is 1. The molecular weight excluding hydrogens is 747 g/mol. The van der Waals surface area contributed by atoms with Crippen molar-refractivity contribution in [2.75, 3.05) is 32.2 Å². The third-order valence-corrected chi connectivity index (χ3v) is 11.4. The average molecular weight is 811 g/mol. The Morgan fingerprint density at radius 1 is 0.947 bits per heavy atom. The number of hydrogen-bond acceptors (Lipinski definition) is 12. The molecule has 3 aromatic rings. The van der Waals surface area contributed by atoms with Crippen LogP contribution in [0.5, 0.6) is 5.75 Å². The van der Waals surface area contributed by atoms with Gasteiger partial charge in [-0.1, -0.05) is 103 Å². The maximum absolute atomic E-state index is 13.1. The lowest BCUT2D eigenvalue weighted by molar-refractivity contribution is -0.0704. The number of aliphatic hydroxyl groups is 1. The van der Waals surface area contributed by atoms with Gasteiger partial charge in [0.25, 0.3) is 0 Å². The van der Waals surface area contributed by atoms with Gasteiger partial charge in [0.15, 0.2) is 11.6 Å². The van der Waals surface area contributed by atoms with Crippen molar-refractivity contribution < 1.29 is 37.8 Å². The minimum Gasteiger partial charge on any atom is -0.483 e. The van der Waals surface area contributed by atoms with Crippen molar-refractivity contribution in [3.63, 3.8) is 0 Å². The third-order valence-electron chi connectivity index (χ3n) is 10.5. The second-order valence-electron chi connectivity index (χ2n) is 15.4. The number of nitrogen functional groups attached to an aromatic ring is 1. The van der Waals surface area contributed by atoms with Crippen LogP contribution in [0.25, 0.3) is 5.52 Å². The predicted molar refractivity (Wildman–Crippen MR) is 217 cm³/mol. The van der Waals surface area contributed by atoms with E-state index in [1.54, 1.807) is 42.6 Å². The van der Waals surface area contributed by atoms with Gasteiger partial charge < -0.3 is 29.9 Å². The molecule has 0 aliphatic carbocycles. The summed E-state index contributed by atoms with van der Waals surface area (Å²) in [5, 5.41) is 34.7. The smallest absolute Gasteiger partial charge is 0.472 e. The SMILES string of the molecule is CCCCCCCCCCCCCCCCCCOC[C@H](COP(=O)(O)OC[C@H]1O[C@@](C)(c2ccc3c(N)ncnn23)C[C@@H]1O)Oc1c(C#N)cc(C)cc1C#N. The van der Waals surface area contributed by atoms with E-state index in [4.69, 9.17) is 29.0 Å². The van der Waals surface area contributed by atoms with Crippen LogP contribution >= 0.6 is 7.82 Å². The maximum Gasteiger partial charge on any atom is 0.472 e. The number of phosphoric acid groups is 1. The lowest BCUT2D eigenvalue weighted by atomic mass is 9.97. The van der Waals surface area contributed by atoms with Crippen molar-refractivity contribution >= 4 is 19.2 Å². The molecule has 4 rings (SSSR count). The maximum atomic E-state index is 13.1. The standard InChI is InChI=1S/C42H63N6O8P/c1-4-5-6-7-8-9-10-11-12-13-14-15-16-17-18-19-22-52-28-35(55-40-33(26-43)23-32(2)24-34(40)27-44)29-53-57(50,51)54-30-38-37(49)25-42(3,56-38)39-21-20-36-41(45)46-31-47-48(36)39/h20-21,23-24,31,35,37-38,49H,4-19,22,25,28-30H2,1-3H3,(H,50,51)(H2,45,46,47)/t35-,37+,38-,42-/m1/s1. The largest absolute Gasteiger partial charge is 0.483 e. The number of fused-ring (bicyclic) bond motifs is 1. The first kappa shape index (κ1) is 46.1. The van der Waals surface area contributed by atoms with Gasteiger partial charge in [-0.3, -0.25) is 9.05 Å². The molecule has 1 aliphatic rings. The third kappa shape index (κ3) is 14.6. The van der Waals surface area contributed by atoms with Crippen LogP contribution in [0.1, 0.15) is 145 Å². The molecule has 3 heterocycles. The van der Waals surface area contributed by atoms with E-state index < -0.39 is 44.9 Å². The van der Waals surface area contributed by atoms with E-state index in [1.165, 1.54) is 89.8 Å². The highest BCUT2D eigenvalue weighted by Crippen LogP contribution is 2.46. The number of phosphoric ester groups is 1. The lowest BCUT2D eigenvalue weighted by Gasteiger charge is -2.25. The van der Waals surface area contributed by atoms with Crippen molar-refractivity contribution in [2.24, 2.45) is 0 Å². The van der Waals surface area contributed by atoms with Gasteiger partial charge >= 0.3 is 7.82 Å². The van der Waals surface area contributed by atoms with Crippen molar-refractivity contribution in [1.82, 2.24) is 14.6 Å². The molecule has 1 fully saturated rings. The monoisotopic (exact) mass is 810 g/mol. The first-order valence-electron chi connectivity index (χ1n) is 20.8. The number of rotatable bonds is 28. The number of nitrogens with zero attached hydrogens (tertiary/aromatic N) is 5. The lowest BCUT2D eigenvalue weighted by Crippen LogP contribution is -2.30. The molecule has 14 nitrogen and oxygen atoms in total. The van der Waals surface area contributed by atoms with Crippen LogP contribution in [0.4, 0.5) is 5.82 Å². The Labute approximate surface area is 338 Å². The average Bonchev–Trinajstić information content (AvgIpc) is 3.77. The molecule has 0 radical (unpaired) electrons. The first-order valence-corrected chi connectivity index (χ1v) is 22.3. The molecule has 1 aromatic carbocycles. The fraction of sp³-hybridized carbons (Fsp3) is 0.667. The molecule has 1 unspecified atom stereocenters. The second-order valence-corrected chi connectivity index (χ2v) is 16.9. The summed E-state index contributed by atoms with van der Waals surface area (Å²) >= 11 is 0. The molecule has 57 heavy (non-hydrogen) atoms. The highest BCUT2D eigenvalue weighted by molar-refractivity contribution is 7.47. The number of ether oxygens (including phenoxy) is 3. The Morgan fingerprint density at radius 3 is 2.11 bits per heavy atom. The van der Waals surface area contributed by atoms with E-state index in [0.717, 1.165) is 19.3 Å². The normalized spacial score (nSPS) is 19.6. The van der Waals surface area contributed by atoms with Crippen LogP contribution in [0, 0.1) is 29.6 Å². The van der Waals surface area contributed by atoms with Gasteiger partial charge in [-0.2, -0.15) is 15.6 Å². The van der Waals surface area contributed by atoms with E-state index >= 15 is 0 Å². The summed E-state index contributed by atoms with van der Waals surface area (Å²) in [6.07, 6.45) is 18.8. The van der Waals surface area contributed by atoms with Gasteiger partial charge in [0.05, 0.1) is 42.7 Å². The quantitative estimate of drug-likeness (QED) is 0.0464. The van der Waals surface area contributed by atoms with E-state index in [-0.39, 0.29) is 29.9 Å². The highest BCUT2D eigenvalue weighted by Gasteiger charge is 2.46. The molecule has 0 saturated carbocycles. The summed E-state index contributed by atoms with van der Waals surface area (Å²) in [5.41, 5.74) is 7.20. The Morgan fingerprint density at radius 2 is 1.53 bits per heavy atom. The van der Waals surface area contributed by atoms with Gasteiger partial charge in [-0.15, -0.1) is 0 Å². The Bertz CT molecular complexity index is 1780. The fourth-order valence-electron chi connectivity index (χ4n) is 7.35. The van der Waals surface area contributed by atoms with Gasteiger partial charge in [-0.25, -0.2) is 14.1 Å². The number of benzene rings is 1. The molecule has 1 aliphatic heterocycles. The number of hydrogen-bond donors (Lipinski definition) is 3. The number of nitriles is 2. The van der Waals surface area contributed by atoms with Gasteiger partial charge in [-0.05, 0) is 50.1 Å². The predicted octanol–water partition coefficient (Wildman–Crippen LogP) is 8.59. The molecule has 4 N–H and O–H groups in total. The molecule has 5 atom stereocenters. The molecule has 0 bridgehead atoms. The zero-order valence-electron chi connectivity index (χ0n) is 34.1. The molecule has 1 saturated heterocycles. The molecular formula is C42H63N6O8P. The van der Waals surface area contributed by atoms with Crippen molar-refractivity contribution in [3.8, 4) is 17.9 Å². The van der Waals surface area contributed by atoms with E-state index in [0.29, 0.717) is 29.2 Å². The summed E-state index contributed by atoms with van der Waals surface area (Å²) in [6.45, 7) is 5.34. The summed E-state index contributed by atoms with van der Waals surface area (Å²) in [7, 11) is -4.70. The second kappa shape index (κ2) is 23.7. The molecule has 15 heteroatoms. The number of anilines is 1. The minimum absolute atomic E-state index is 0.0233. The molecule has 2 aromatic heterocycles. The zero-order chi connectivity index (χ0) is 41.1. The number of aliphatic hydroxyl groups excluding tert-OH is 1. The van der Waals surface area contributed by atoms with Crippen LogP contribution < -0.4 is 10.5 Å².